The Bertz CT molecular complexity index is 1080. The van der Waals surface area contributed by atoms with Gasteiger partial charge in [0, 0.05) is 6.20 Å². The summed E-state index contributed by atoms with van der Waals surface area (Å²) in [6.07, 6.45) is 1.56. The third kappa shape index (κ3) is 4.12. The van der Waals surface area contributed by atoms with Crippen molar-refractivity contribution < 1.29 is 13.2 Å². The quantitative estimate of drug-likeness (QED) is 0.651. The van der Waals surface area contributed by atoms with Crippen molar-refractivity contribution in [3.63, 3.8) is 0 Å². The number of carbonyl (C=O) groups excluding carboxylic acids is 1. The van der Waals surface area contributed by atoms with Crippen LogP contribution in [0.3, 0.4) is 0 Å². The Labute approximate surface area is 161 Å². The van der Waals surface area contributed by atoms with E-state index >= 15 is 0 Å². The molecule has 2 N–H and O–H groups in total. The summed E-state index contributed by atoms with van der Waals surface area (Å²) in [5, 5.41) is 2.69. The lowest BCUT2D eigenvalue weighted by atomic mass is 10.0. The number of hydrogen-bond donors (Lipinski definition) is 2. The Morgan fingerprint density at radius 1 is 1.15 bits per heavy atom. The molecular formula is C17H19N5O3S2. The van der Waals surface area contributed by atoms with Gasteiger partial charge < -0.3 is 5.32 Å². The fourth-order valence-electron chi connectivity index (χ4n) is 2.53. The first-order chi connectivity index (χ1) is 12.8. The van der Waals surface area contributed by atoms with Gasteiger partial charge in [0.05, 0.1) is 11.7 Å². The Morgan fingerprint density at radius 2 is 1.93 bits per heavy atom. The van der Waals surface area contributed by atoms with Gasteiger partial charge in [-0.2, -0.15) is 13.5 Å². The predicted octanol–water partition coefficient (Wildman–Crippen LogP) is 2.34. The molecule has 0 saturated carbocycles. The number of anilines is 1. The molecule has 1 amide bonds. The van der Waals surface area contributed by atoms with Crippen LogP contribution in [0.15, 0.2) is 41.4 Å². The molecule has 0 saturated heterocycles. The molecule has 8 nitrogen and oxygen atoms in total. The highest BCUT2D eigenvalue weighted by Gasteiger charge is 2.30. The molecule has 3 aromatic rings. The van der Waals surface area contributed by atoms with Crippen molar-refractivity contribution in [3.8, 4) is 0 Å². The Balaban J connectivity index is 1.88. The largest absolute Gasteiger partial charge is 0.309 e. The van der Waals surface area contributed by atoms with Gasteiger partial charge in [0.1, 0.15) is 27.8 Å². The highest BCUT2D eigenvalue weighted by Crippen LogP contribution is 2.22. The van der Waals surface area contributed by atoms with Gasteiger partial charge in [-0.3, -0.25) is 4.79 Å². The van der Waals surface area contributed by atoms with Crippen LogP contribution in [-0.2, 0) is 14.8 Å². The molecule has 1 atom stereocenters. The summed E-state index contributed by atoms with van der Waals surface area (Å²) in [6.45, 7) is 5.35. The number of fused-ring (bicyclic) bond motifs is 1. The molecule has 27 heavy (non-hydrogen) atoms. The fraction of sp³-hybridized carbons (Fsp3) is 0.294. The molecule has 0 bridgehead atoms. The van der Waals surface area contributed by atoms with Crippen molar-refractivity contribution in [2.45, 2.75) is 31.7 Å². The molecule has 0 aliphatic carbocycles. The van der Waals surface area contributed by atoms with E-state index in [2.05, 4.69) is 23.8 Å². The van der Waals surface area contributed by atoms with Crippen LogP contribution < -0.4 is 10.0 Å². The number of hydrogen-bond acceptors (Lipinski definition) is 7. The highest BCUT2D eigenvalue weighted by atomic mass is 32.2. The summed E-state index contributed by atoms with van der Waals surface area (Å²) in [4.78, 5) is 16.8. The monoisotopic (exact) mass is 405 g/mol. The van der Waals surface area contributed by atoms with E-state index in [4.69, 9.17) is 0 Å². The van der Waals surface area contributed by atoms with Gasteiger partial charge in [-0.25, -0.2) is 13.4 Å². The molecule has 0 unspecified atom stereocenters. The number of carbonyl (C=O) groups is 1. The number of aryl methyl sites for hydroxylation is 1. The molecule has 142 valence electrons. The minimum Gasteiger partial charge on any atom is -0.309 e. The Hall–Kier alpha value is -2.43. The van der Waals surface area contributed by atoms with Crippen LogP contribution in [0.25, 0.3) is 11.0 Å². The van der Waals surface area contributed by atoms with E-state index in [1.54, 1.807) is 38.2 Å². The number of benzene rings is 1. The SMILES string of the molecule is Cc1cccnc1NC(=O)[C@@H](NS(=O)(=O)c1cccc2nsnc12)C(C)C. The van der Waals surface area contributed by atoms with Crippen molar-refractivity contribution in [1.82, 2.24) is 18.5 Å². The zero-order valence-electron chi connectivity index (χ0n) is 15.0. The maximum atomic E-state index is 12.9. The van der Waals surface area contributed by atoms with E-state index in [1.807, 2.05) is 13.0 Å². The zero-order chi connectivity index (χ0) is 19.6. The maximum Gasteiger partial charge on any atom is 0.243 e. The molecule has 2 aromatic heterocycles. The third-order valence-electron chi connectivity index (χ3n) is 4.02. The molecule has 0 radical (unpaired) electrons. The van der Waals surface area contributed by atoms with Crippen LogP contribution in [0.4, 0.5) is 5.82 Å². The lowest BCUT2D eigenvalue weighted by molar-refractivity contribution is -0.118. The van der Waals surface area contributed by atoms with Crippen molar-refractivity contribution in [3.05, 3.63) is 42.1 Å². The summed E-state index contributed by atoms with van der Waals surface area (Å²) >= 11 is 0.938. The van der Waals surface area contributed by atoms with Crippen molar-refractivity contribution >= 4 is 44.5 Å². The standard InChI is InChI=1S/C17H19N5O3S2/c1-10(2)14(17(23)19-16-11(3)6-5-9-18-16)22-27(24,25)13-8-4-7-12-15(13)21-26-20-12/h4-10,14,22H,1-3H3,(H,18,19,23)/t14-/m0/s1. The second-order valence-corrected chi connectivity index (χ2v) is 8.60. The van der Waals surface area contributed by atoms with Gasteiger partial charge in [0.25, 0.3) is 0 Å². The van der Waals surface area contributed by atoms with E-state index in [1.165, 1.54) is 6.07 Å². The molecule has 0 aliphatic heterocycles. The fourth-order valence-corrected chi connectivity index (χ4v) is 4.64. The number of rotatable bonds is 6. The number of nitrogens with zero attached hydrogens (tertiary/aromatic N) is 3. The van der Waals surface area contributed by atoms with Gasteiger partial charge in [-0.15, -0.1) is 0 Å². The van der Waals surface area contributed by atoms with E-state index in [9.17, 15) is 13.2 Å². The first-order valence-electron chi connectivity index (χ1n) is 8.25. The van der Waals surface area contributed by atoms with Gasteiger partial charge in [0.2, 0.25) is 15.9 Å². The highest BCUT2D eigenvalue weighted by molar-refractivity contribution is 7.89. The Morgan fingerprint density at radius 3 is 2.63 bits per heavy atom. The average molecular weight is 406 g/mol. The average Bonchev–Trinajstić information content (AvgIpc) is 3.10. The molecular weight excluding hydrogens is 386 g/mol. The number of sulfonamides is 1. The van der Waals surface area contributed by atoms with Crippen LogP contribution >= 0.6 is 11.7 Å². The van der Waals surface area contributed by atoms with Crippen LogP contribution in [0, 0.1) is 12.8 Å². The lowest BCUT2D eigenvalue weighted by Gasteiger charge is -2.21. The maximum absolute atomic E-state index is 12.9. The van der Waals surface area contributed by atoms with Crippen LogP contribution in [0.2, 0.25) is 0 Å². The number of aromatic nitrogens is 3. The van der Waals surface area contributed by atoms with Gasteiger partial charge in [0.15, 0.2) is 0 Å². The van der Waals surface area contributed by atoms with Crippen molar-refractivity contribution in [2.75, 3.05) is 5.32 Å². The topological polar surface area (TPSA) is 114 Å². The lowest BCUT2D eigenvalue weighted by Crippen LogP contribution is -2.47. The first-order valence-corrected chi connectivity index (χ1v) is 10.5. The summed E-state index contributed by atoms with van der Waals surface area (Å²) in [5.74, 6) is -0.353. The summed E-state index contributed by atoms with van der Waals surface area (Å²) in [6, 6.07) is 7.33. The van der Waals surface area contributed by atoms with E-state index in [0.717, 1.165) is 17.3 Å². The Kier molecular flexibility index (Phi) is 5.49. The van der Waals surface area contributed by atoms with E-state index in [-0.39, 0.29) is 10.8 Å². The van der Waals surface area contributed by atoms with Gasteiger partial charge in [-0.05, 0) is 36.6 Å². The summed E-state index contributed by atoms with van der Waals surface area (Å²) < 4.78 is 36.4. The molecule has 0 aliphatic rings. The second-order valence-electron chi connectivity index (χ2n) is 6.39. The third-order valence-corrected chi connectivity index (χ3v) is 6.04. The molecule has 0 spiro atoms. The number of nitrogens with one attached hydrogen (secondary N) is 2. The molecule has 3 rings (SSSR count). The minimum absolute atomic E-state index is 0.00113. The molecule has 0 fully saturated rings. The van der Waals surface area contributed by atoms with Crippen LogP contribution in [0.1, 0.15) is 19.4 Å². The summed E-state index contributed by atoms with van der Waals surface area (Å²) in [5.41, 5.74) is 1.57. The predicted molar refractivity (Wildman–Crippen MR) is 104 cm³/mol. The zero-order valence-corrected chi connectivity index (χ0v) is 16.6. The number of pyridine rings is 1. The molecule has 1 aromatic carbocycles. The van der Waals surface area contributed by atoms with Crippen LogP contribution in [-0.4, -0.2) is 34.1 Å². The normalized spacial score (nSPS) is 13.0. The van der Waals surface area contributed by atoms with E-state index in [0.29, 0.717) is 16.9 Å². The van der Waals surface area contributed by atoms with Gasteiger partial charge >= 0.3 is 0 Å². The van der Waals surface area contributed by atoms with Crippen molar-refractivity contribution in [1.29, 1.82) is 0 Å². The molecule has 10 heteroatoms. The van der Waals surface area contributed by atoms with E-state index < -0.39 is 22.0 Å². The first kappa shape index (κ1) is 19.3. The smallest absolute Gasteiger partial charge is 0.243 e. The second kappa shape index (κ2) is 7.67. The summed E-state index contributed by atoms with van der Waals surface area (Å²) in [7, 11) is -3.98. The van der Waals surface area contributed by atoms with Gasteiger partial charge in [-0.1, -0.05) is 26.0 Å². The van der Waals surface area contributed by atoms with Crippen LogP contribution in [0.5, 0.6) is 0 Å². The van der Waals surface area contributed by atoms with Crippen molar-refractivity contribution in [2.24, 2.45) is 5.92 Å². The minimum atomic E-state index is -3.98. The number of amides is 1. The molecule has 2 heterocycles.